The number of hydrogen-bond acceptors (Lipinski definition) is 3. The summed E-state index contributed by atoms with van der Waals surface area (Å²) in [5.41, 5.74) is 0.618. The lowest BCUT2D eigenvalue weighted by molar-refractivity contribution is 0.464. The van der Waals surface area contributed by atoms with Gasteiger partial charge in [0.05, 0.1) is 4.90 Å². The van der Waals surface area contributed by atoms with Gasteiger partial charge in [-0.1, -0.05) is 17.7 Å². The van der Waals surface area contributed by atoms with Crippen LogP contribution >= 0.6 is 24.0 Å². The molecule has 0 bridgehead atoms. The highest BCUT2D eigenvalue weighted by Gasteiger charge is 2.32. The van der Waals surface area contributed by atoms with E-state index in [1.165, 1.54) is 4.31 Å². The van der Waals surface area contributed by atoms with Crippen LogP contribution in [0.1, 0.15) is 12.0 Å². The van der Waals surface area contributed by atoms with Crippen LogP contribution in [0.2, 0.25) is 5.02 Å². The van der Waals surface area contributed by atoms with Crippen molar-refractivity contribution >= 4 is 34.0 Å². The molecule has 1 fully saturated rings. The Kier molecular flexibility index (Phi) is 5.65. The van der Waals surface area contributed by atoms with Gasteiger partial charge in [0.1, 0.15) is 0 Å². The van der Waals surface area contributed by atoms with Gasteiger partial charge in [-0.15, -0.1) is 12.4 Å². The number of rotatable bonds is 3. The molecular weight excluding hydrogens is 307 g/mol. The molecular formula is C12H18Cl2N2O2S. The number of sulfonamides is 1. The summed E-state index contributed by atoms with van der Waals surface area (Å²) >= 11 is 5.99. The Bertz CT molecular complexity index is 549. The Hall–Kier alpha value is -0.330. The van der Waals surface area contributed by atoms with Crippen molar-refractivity contribution < 1.29 is 8.42 Å². The van der Waals surface area contributed by atoms with E-state index in [0.29, 0.717) is 28.6 Å². The van der Waals surface area contributed by atoms with Crippen LogP contribution in [-0.2, 0) is 10.0 Å². The number of nitrogens with zero attached hydrogens (tertiary/aromatic N) is 1. The van der Waals surface area contributed by atoms with Gasteiger partial charge < -0.3 is 5.32 Å². The number of hydrogen-bond donors (Lipinski definition) is 1. The van der Waals surface area contributed by atoms with E-state index in [1.54, 1.807) is 25.1 Å². The van der Waals surface area contributed by atoms with E-state index < -0.39 is 10.0 Å². The van der Waals surface area contributed by atoms with Crippen LogP contribution in [0.3, 0.4) is 0 Å². The molecule has 4 nitrogen and oxygen atoms in total. The molecule has 0 aromatic heterocycles. The first-order valence-corrected chi connectivity index (χ1v) is 7.71. The zero-order valence-corrected chi connectivity index (χ0v) is 13.3. The Morgan fingerprint density at radius 3 is 2.68 bits per heavy atom. The van der Waals surface area contributed by atoms with E-state index in [9.17, 15) is 8.42 Å². The first-order chi connectivity index (χ1) is 8.46. The van der Waals surface area contributed by atoms with Crippen LogP contribution in [0.15, 0.2) is 23.1 Å². The van der Waals surface area contributed by atoms with Gasteiger partial charge in [0.15, 0.2) is 0 Å². The van der Waals surface area contributed by atoms with Crippen LogP contribution < -0.4 is 5.32 Å². The zero-order chi connectivity index (χ0) is 13.3. The largest absolute Gasteiger partial charge is 0.316 e. The predicted molar refractivity (Wildman–Crippen MR) is 79.7 cm³/mol. The summed E-state index contributed by atoms with van der Waals surface area (Å²) in [6, 6.07) is 5.23. The minimum absolute atomic E-state index is 0. The molecule has 1 aromatic carbocycles. The standard InChI is InChI=1S/C12H17ClN2O2S.ClH/c1-9-11(13)4-3-5-12(9)18(16,17)15-7-6-10(8-15)14-2;/h3-5,10,14H,6-8H2,1-2H3;1H. The quantitative estimate of drug-likeness (QED) is 0.925. The summed E-state index contributed by atoms with van der Waals surface area (Å²) in [6.45, 7) is 2.81. The zero-order valence-electron chi connectivity index (χ0n) is 10.9. The fraction of sp³-hybridized carbons (Fsp3) is 0.500. The van der Waals surface area contributed by atoms with Gasteiger partial charge in [0.25, 0.3) is 0 Å². The maximum Gasteiger partial charge on any atom is 0.243 e. The second-order valence-electron chi connectivity index (χ2n) is 4.50. The van der Waals surface area contributed by atoms with E-state index >= 15 is 0 Å². The molecule has 1 saturated heterocycles. The molecule has 1 aliphatic heterocycles. The van der Waals surface area contributed by atoms with Crippen LogP contribution in [0.25, 0.3) is 0 Å². The highest BCUT2D eigenvalue weighted by Crippen LogP contribution is 2.27. The molecule has 0 aliphatic carbocycles. The number of nitrogens with one attached hydrogen (secondary N) is 1. The van der Waals surface area contributed by atoms with Crippen LogP contribution in [0.4, 0.5) is 0 Å². The van der Waals surface area contributed by atoms with Gasteiger partial charge in [-0.05, 0) is 38.1 Å². The summed E-state index contributed by atoms with van der Waals surface area (Å²) in [4.78, 5) is 0.312. The predicted octanol–water partition coefficient (Wildman–Crippen LogP) is 2.05. The Morgan fingerprint density at radius 1 is 1.42 bits per heavy atom. The van der Waals surface area contributed by atoms with E-state index in [2.05, 4.69) is 5.32 Å². The molecule has 0 amide bonds. The van der Waals surface area contributed by atoms with Crippen molar-refractivity contribution in [2.45, 2.75) is 24.3 Å². The summed E-state index contributed by atoms with van der Waals surface area (Å²) in [5, 5.41) is 3.60. The number of benzene rings is 1. The fourth-order valence-electron chi connectivity index (χ4n) is 2.19. The Morgan fingerprint density at radius 2 is 2.11 bits per heavy atom. The Balaban J connectivity index is 0.00000180. The van der Waals surface area contributed by atoms with Crippen molar-refractivity contribution in [3.63, 3.8) is 0 Å². The third-order valence-electron chi connectivity index (χ3n) is 3.40. The molecule has 0 radical (unpaired) electrons. The lowest BCUT2D eigenvalue weighted by atomic mass is 10.2. The number of likely N-dealkylation sites (N-methyl/N-ethyl adjacent to an activating group) is 1. The van der Waals surface area contributed by atoms with Crippen molar-refractivity contribution in [3.8, 4) is 0 Å². The van der Waals surface area contributed by atoms with Crippen molar-refractivity contribution in [1.82, 2.24) is 9.62 Å². The molecule has 1 aliphatic rings. The molecule has 1 unspecified atom stereocenters. The monoisotopic (exact) mass is 324 g/mol. The molecule has 0 spiro atoms. The average molecular weight is 325 g/mol. The first-order valence-electron chi connectivity index (χ1n) is 5.89. The third kappa shape index (κ3) is 3.23. The number of halogens is 2. The lowest BCUT2D eigenvalue weighted by Crippen LogP contribution is -2.33. The van der Waals surface area contributed by atoms with Crippen molar-refractivity contribution in [2.75, 3.05) is 20.1 Å². The van der Waals surface area contributed by atoms with Gasteiger partial charge in [-0.3, -0.25) is 0 Å². The molecule has 1 N–H and O–H groups in total. The van der Waals surface area contributed by atoms with Crippen molar-refractivity contribution in [2.24, 2.45) is 0 Å². The maximum atomic E-state index is 12.5. The average Bonchev–Trinajstić information content (AvgIpc) is 2.81. The Labute approximate surface area is 125 Å². The minimum Gasteiger partial charge on any atom is -0.316 e. The molecule has 19 heavy (non-hydrogen) atoms. The molecule has 108 valence electrons. The second kappa shape index (κ2) is 6.41. The summed E-state index contributed by atoms with van der Waals surface area (Å²) in [5.74, 6) is 0. The minimum atomic E-state index is -3.43. The van der Waals surface area contributed by atoms with Crippen LogP contribution in [0.5, 0.6) is 0 Å². The third-order valence-corrected chi connectivity index (χ3v) is 5.81. The first kappa shape index (κ1) is 16.7. The van der Waals surface area contributed by atoms with Crippen molar-refractivity contribution in [3.05, 3.63) is 28.8 Å². The molecule has 1 heterocycles. The van der Waals surface area contributed by atoms with Crippen LogP contribution in [-0.4, -0.2) is 38.9 Å². The van der Waals surface area contributed by atoms with Gasteiger partial charge in [-0.25, -0.2) is 8.42 Å². The van der Waals surface area contributed by atoms with Gasteiger partial charge in [-0.2, -0.15) is 4.31 Å². The molecule has 7 heteroatoms. The molecule has 1 atom stereocenters. The van der Waals surface area contributed by atoms with E-state index in [-0.39, 0.29) is 18.4 Å². The SMILES string of the molecule is CNC1CCN(S(=O)(=O)c2cccc(Cl)c2C)C1.Cl. The summed E-state index contributed by atoms with van der Waals surface area (Å²) in [6.07, 6.45) is 0.843. The normalized spacial score (nSPS) is 20.3. The second-order valence-corrected chi connectivity index (χ2v) is 6.81. The highest BCUT2D eigenvalue weighted by molar-refractivity contribution is 7.89. The topological polar surface area (TPSA) is 49.4 Å². The van der Waals surface area contributed by atoms with E-state index in [0.717, 1.165) is 6.42 Å². The highest BCUT2D eigenvalue weighted by atomic mass is 35.5. The lowest BCUT2D eigenvalue weighted by Gasteiger charge is -2.18. The maximum absolute atomic E-state index is 12.5. The smallest absolute Gasteiger partial charge is 0.243 e. The van der Waals surface area contributed by atoms with Gasteiger partial charge >= 0.3 is 0 Å². The van der Waals surface area contributed by atoms with Crippen LogP contribution in [0, 0.1) is 6.92 Å². The fourth-order valence-corrected chi connectivity index (χ4v) is 4.17. The van der Waals surface area contributed by atoms with Gasteiger partial charge in [0.2, 0.25) is 10.0 Å². The molecule has 0 saturated carbocycles. The molecule has 2 rings (SSSR count). The molecule has 1 aromatic rings. The summed E-state index contributed by atoms with van der Waals surface area (Å²) < 4.78 is 26.5. The van der Waals surface area contributed by atoms with Crippen molar-refractivity contribution in [1.29, 1.82) is 0 Å². The van der Waals surface area contributed by atoms with Gasteiger partial charge in [0, 0.05) is 24.2 Å². The summed E-state index contributed by atoms with van der Waals surface area (Å²) in [7, 11) is -1.57. The van der Waals surface area contributed by atoms with E-state index in [4.69, 9.17) is 11.6 Å². The van der Waals surface area contributed by atoms with E-state index in [1.807, 2.05) is 7.05 Å².